The van der Waals surface area contributed by atoms with Gasteiger partial charge in [0.25, 0.3) is 0 Å². The molecule has 0 saturated carbocycles. The minimum absolute atomic E-state index is 0.603. The van der Waals surface area contributed by atoms with Crippen LogP contribution in [0.5, 0.6) is 0 Å². The van der Waals surface area contributed by atoms with Gasteiger partial charge in [-0.25, -0.2) is 0 Å². The monoisotopic (exact) mass is 193 g/mol. The smallest absolute Gasteiger partial charge is 0.0409 e. The molecule has 1 nitrogen and oxygen atoms in total. The number of rotatable bonds is 0. The van der Waals surface area contributed by atoms with Gasteiger partial charge in [-0.1, -0.05) is 17.7 Å². The standard InChI is InChI=1S/C11H12ClN/c12-8-1-2-9-10(6-8)7-3-4-13-11(9)5-7/h1-2,6-7,11,13H,3-5H2/t7-,11+/m0/s1. The number of nitrogens with one attached hydrogen (secondary N) is 1. The Kier molecular flexibility index (Phi) is 1.64. The summed E-state index contributed by atoms with van der Waals surface area (Å²) in [7, 11) is 0. The van der Waals surface area contributed by atoms with E-state index in [4.69, 9.17) is 11.6 Å². The van der Waals surface area contributed by atoms with Gasteiger partial charge in [-0.05, 0) is 48.6 Å². The summed E-state index contributed by atoms with van der Waals surface area (Å²) in [6, 6.07) is 6.93. The molecule has 1 saturated heterocycles. The molecule has 1 N–H and O–H groups in total. The van der Waals surface area contributed by atoms with Crippen LogP contribution < -0.4 is 5.32 Å². The zero-order valence-corrected chi connectivity index (χ0v) is 8.14. The predicted octanol–water partition coefficient (Wildman–Crippen LogP) is 2.86. The van der Waals surface area contributed by atoms with Crippen molar-refractivity contribution in [1.82, 2.24) is 5.32 Å². The van der Waals surface area contributed by atoms with Crippen LogP contribution in [0.2, 0.25) is 5.02 Å². The topological polar surface area (TPSA) is 12.0 Å². The maximum absolute atomic E-state index is 5.99. The molecule has 3 rings (SSSR count). The van der Waals surface area contributed by atoms with Crippen LogP contribution in [0.4, 0.5) is 0 Å². The average molecular weight is 194 g/mol. The highest BCUT2D eigenvalue weighted by Gasteiger charge is 2.33. The molecule has 1 aromatic rings. The summed E-state index contributed by atoms with van der Waals surface area (Å²) in [5.74, 6) is 0.764. The number of benzene rings is 1. The second-order valence-corrected chi connectivity index (χ2v) is 4.44. The fourth-order valence-corrected chi connectivity index (χ4v) is 2.83. The molecule has 0 amide bonds. The lowest BCUT2D eigenvalue weighted by Gasteiger charge is -2.20. The lowest BCUT2D eigenvalue weighted by atomic mass is 9.97. The van der Waals surface area contributed by atoms with Crippen LogP contribution in [0.25, 0.3) is 0 Å². The highest BCUT2D eigenvalue weighted by Crippen LogP contribution is 2.45. The third kappa shape index (κ3) is 1.11. The van der Waals surface area contributed by atoms with Crippen molar-refractivity contribution in [2.75, 3.05) is 6.54 Å². The van der Waals surface area contributed by atoms with E-state index >= 15 is 0 Å². The first-order valence-electron chi connectivity index (χ1n) is 4.87. The molecule has 1 aliphatic carbocycles. The third-order valence-corrected chi connectivity index (χ3v) is 3.50. The Hall–Kier alpha value is -0.530. The van der Waals surface area contributed by atoms with Gasteiger partial charge in [0, 0.05) is 11.1 Å². The molecule has 2 atom stereocenters. The maximum atomic E-state index is 5.99. The molecule has 0 spiro atoms. The number of hydrogen-bond donors (Lipinski definition) is 1. The molecule has 1 heterocycles. The van der Waals surface area contributed by atoms with Crippen molar-refractivity contribution in [2.45, 2.75) is 24.8 Å². The van der Waals surface area contributed by atoms with Crippen molar-refractivity contribution < 1.29 is 0 Å². The number of halogens is 1. The van der Waals surface area contributed by atoms with E-state index in [2.05, 4.69) is 17.4 Å². The minimum Gasteiger partial charge on any atom is -0.310 e. The first-order valence-corrected chi connectivity index (χ1v) is 5.25. The summed E-state index contributed by atoms with van der Waals surface area (Å²) in [5.41, 5.74) is 2.97. The molecule has 2 heteroatoms. The van der Waals surface area contributed by atoms with Crippen LogP contribution in [-0.2, 0) is 0 Å². The summed E-state index contributed by atoms with van der Waals surface area (Å²) in [6.07, 6.45) is 2.54. The van der Waals surface area contributed by atoms with Crippen LogP contribution in [-0.4, -0.2) is 6.54 Å². The van der Waals surface area contributed by atoms with E-state index in [1.54, 1.807) is 0 Å². The first-order chi connectivity index (χ1) is 6.34. The van der Waals surface area contributed by atoms with E-state index in [0.717, 1.165) is 17.5 Å². The maximum Gasteiger partial charge on any atom is 0.0409 e. The Morgan fingerprint density at radius 3 is 3.15 bits per heavy atom. The number of hydrogen-bond acceptors (Lipinski definition) is 1. The number of fused-ring (bicyclic) bond motifs is 5. The second-order valence-electron chi connectivity index (χ2n) is 4.00. The zero-order valence-electron chi connectivity index (χ0n) is 7.39. The Morgan fingerprint density at radius 2 is 2.23 bits per heavy atom. The molecule has 2 aliphatic rings. The van der Waals surface area contributed by atoms with E-state index < -0.39 is 0 Å². The van der Waals surface area contributed by atoms with Crippen molar-refractivity contribution in [1.29, 1.82) is 0 Å². The van der Waals surface area contributed by atoms with Gasteiger partial charge >= 0.3 is 0 Å². The summed E-state index contributed by atoms with van der Waals surface area (Å²) < 4.78 is 0. The van der Waals surface area contributed by atoms with Crippen molar-refractivity contribution >= 4 is 11.6 Å². The molecule has 1 aromatic carbocycles. The van der Waals surface area contributed by atoms with Gasteiger partial charge < -0.3 is 5.32 Å². The largest absolute Gasteiger partial charge is 0.310 e. The summed E-state index contributed by atoms with van der Waals surface area (Å²) >= 11 is 5.99. The molecule has 2 bridgehead atoms. The Bertz CT molecular complexity index is 348. The van der Waals surface area contributed by atoms with Gasteiger partial charge in [-0.2, -0.15) is 0 Å². The molecule has 0 aromatic heterocycles. The van der Waals surface area contributed by atoms with Gasteiger partial charge in [0.15, 0.2) is 0 Å². The number of piperidine rings is 1. The normalized spacial score (nSPS) is 30.2. The van der Waals surface area contributed by atoms with Crippen LogP contribution in [0.3, 0.4) is 0 Å². The molecular formula is C11H12ClN. The first kappa shape index (κ1) is 7.84. The molecule has 1 fully saturated rings. The molecule has 1 aliphatic heterocycles. The van der Waals surface area contributed by atoms with E-state index in [9.17, 15) is 0 Å². The van der Waals surface area contributed by atoms with Crippen LogP contribution in [0.1, 0.15) is 35.9 Å². The predicted molar refractivity (Wildman–Crippen MR) is 54.2 cm³/mol. The van der Waals surface area contributed by atoms with Crippen molar-refractivity contribution in [3.8, 4) is 0 Å². The highest BCUT2D eigenvalue weighted by atomic mass is 35.5. The zero-order chi connectivity index (χ0) is 8.84. The Labute approximate surface area is 83.1 Å². The molecule has 0 radical (unpaired) electrons. The van der Waals surface area contributed by atoms with Crippen molar-refractivity contribution in [3.63, 3.8) is 0 Å². The van der Waals surface area contributed by atoms with Gasteiger partial charge in [0.2, 0.25) is 0 Å². The van der Waals surface area contributed by atoms with Crippen LogP contribution >= 0.6 is 11.6 Å². The SMILES string of the molecule is Clc1ccc2c(c1)[C@H]1CCN[C@@H]2C1. The molecular weight excluding hydrogens is 182 g/mol. The second kappa shape index (κ2) is 2.73. The average Bonchev–Trinajstić information content (AvgIpc) is 2.39. The third-order valence-electron chi connectivity index (χ3n) is 3.27. The molecule has 68 valence electrons. The minimum atomic E-state index is 0.603. The van der Waals surface area contributed by atoms with Gasteiger partial charge in [0.1, 0.15) is 0 Å². The highest BCUT2D eigenvalue weighted by molar-refractivity contribution is 6.30. The van der Waals surface area contributed by atoms with Gasteiger partial charge in [-0.15, -0.1) is 0 Å². The van der Waals surface area contributed by atoms with E-state index in [0.29, 0.717) is 6.04 Å². The van der Waals surface area contributed by atoms with Gasteiger partial charge in [0.05, 0.1) is 0 Å². The lowest BCUT2D eigenvalue weighted by molar-refractivity contribution is 0.410. The van der Waals surface area contributed by atoms with E-state index in [1.807, 2.05) is 6.07 Å². The Balaban J connectivity index is 2.15. The van der Waals surface area contributed by atoms with Crippen LogP contribution in [0.15, 0.2) is 18.2 Å². The van der Waals surface area contributed by atoms with E-state index in [-0.39, 0.29) is 0 Å². The molecule has 0 unspecified atom stereocenters. The molecule has 13 heavy (non-hydrogen) atoms. The van der Waals surface area contributed by atoms with Crippen LogP contribution in [0, 0.1) is 0 Å². The summed E-state index contributed by atoms with van der Waals surface area (Å²) in [5, 5.41) is 4.42. The van der Waals surface area contributed by atoms with Crippen molar-refractivity contribution in [2.24, 2.45) is 0 Å². The summed E-state index contributed by atoms with van der Waals surface area (Å²) in [4.78, 5) is 0. The van der Waals surface area contributed by atoms with Crippen molar-refractivity contribution in [3.05, 3.63) is 34.3 Å². The summed E-state index contributed by atoms with van der Waals surface area (Å²) in [6.45, 7) is 1.15. The van der Waals surface area contributed by atoms with Gasteiger partial charge in [-0.3, -0.25) is 0 Å². The Morgan fingerprint density at radius 1 is 1.31 bits per heavy atom. The lowest BCUT2D eigenvalue weighted by Crippen LogP contribution is -2.24. The fraction of sp³-hybridized carbons (Fsp3) is 0.455. The fourth-order valence-electron chi connectivity index (χ4n) is 2.65. The quantitative estimate of drug-likeness (QED) is 0.668. The van der Waals surface area contributed by atoms with E-state index in [1.165, 1.54) is 24.0 Å².